The molecular formula is C21H32Cl2N6O. The fraction of sp³-hybridized carbons (Fsp3) is 0.571. The Labute approximate surface area is 191 Å². The number of nitrogens with one attached hydrogen (secondary N) is 1. The lowest BCUT2D eigenvalue weighted by Crippen LogP contribution is -2.48. The Kier molecular flexibility index (Phi) is 8.94. The van der Waals surface area contributed by atoms with Crippen LogP contribution in [0.2, 0.25) is 0 Å². The highest BCUT2D eigenvalue weighted by Crippen LogP contribution is 2.24. The van der Waals surface area contributed by atoms with Crippen LogP contribution < -0.4 is 10.2 Å². The molecular weight excluding hydrogens is 423 g/mol. The number of likely N-dealkylation sites (N-methyl/N-ethyl adjacent to an activating group) is 1. The number of piperidine rings is 2. The molecule has 1 N–H and O–H groups in total. The largest absolute Gasteiger partial charge is 0.369 e. The predicted octanol–water partition coefficient (Wildman–Crippen LogP) is 3.10. The van der Waals surface area contributed by atoms with E-state index in [4.69, 9.17) is 0 Å². The second kappa shape index (κ2) is 11.0. The number of carbonyl (C=O) groups excluding carboxylic acids is 1. The number of aromatic nitrogens is 3. The van der Waals surface area contributed by atoms with Crippen molar-refractivity contribution in [3.63, 3.8) is 0 Å². The van der Waals surface area contributed by atoms with E-state index >= 15 is 0 Å². The Bertz CT molecular complexity index is 809. The molecule has 1 aromatic carbocycles. The molecule has 4 rings (SSSR count). The number of halogens is 2. The highest BCUT2D eigenvalue weighted by Gasteiger charge is 2.30. The fourth-order valence-electron chi connectivity index (χ4n) is 4.41. The van der Waals surface area contributed by atoms with E-state index in [-0.39, 0.29) is 36.8 Å². The van der Waals surface area contributed by atoms with Crippen molar-refractivity contribution in [1.29, 1.82) is 0 Å². The van der Waals surface area contributed by atoms with Crippen LogP contribution in [0.25, 0.3) is 0 Å². The van der Waals surface area contributed by atoms with Crippen LogP contribution in [-0.2, 0) is 0 Å². The average molecular weight is 455 g/mol. The van der Waals surface area contributed by atoms with Gasteiger partial charge in [0.25, 0.3) is 5.91 Å². The van der Waals surface area contributed by atoms with Crippen molar-refractivity contribution in [2.24, 2.45) is 0 Å². The zero-order valence-electron chi connectivity index (χ0n) is 17.7. The number of para-hydroxylation sites is 1. The Morgan fingerprint density at radius 3 is 2.53 bits per heavy atom. The summed E-state index contributed by atoms with van der Waals surface area (Å²) in [5, 5.41) is 12.0. The lowest BCUT2D eigenvalue weighted by molar-refractivity contribution is 0.0710. The molecule has 0 saturated carbocycles. The third-order valence-corrected chi connectivity index (χ3v) is 6.17. The predicted molar refractivity (Wildman–Crippen MR) is 124 cm³/mol. The van der Waals surface area contributed by atoms with Gasteiger partial charge in [-0.2, -0.15) is 0 Å². The van der Waals surface area contributed by atoms with E-state index in [1.807, 2.05) is 29.6 Å². The zero-order chi connectivity index (χ0) is 19.5. The number of carbonyl (C=O) groups is 1. The average Bonchev–Trinajstić information content (AvgIpc) is 3.15. The van der Waals surface area contributed by atoms with Gasteiger partial charge in [-0.25, -0.2) is 4.68 Å². The lowest BCUT2D eigenvalue weighted by Gasteiger charge is -2.38. The van der Waals surface area contributed by atoms with Gasteiger partial charge >= 0.3 is 0 Å². The smallest absolute Gasteiger partial charge is 0.276 e. The summed E-state index contributed by atoms with van der Waals surface area (Å²) in [5.41, 5.74) is 2.61. The molecule has 0 bridgehead atoms. The van der Waals surface area contributed by atoms with Crippen LogP contribution in [0.1, 0.15) is 47.9 Å². The van der Waals surface area contributed by atoms with Crippen molar-refractivity contribution >= 4 is 36.4 Å². The van der Waals surface area contributed by atoms with E-state index in [9.17, 15) is 4.79 Å². The standard InChI is InChI=1S/C21H30N6O.2ClH/c1-16-20(23-24-27(16)18-10-12-22-13-11-18)21(28)25(2)19-9-6-14-26(15-19)17-7-4-3-5-8-17;;/h3-5,7-8,18-19,22H,6,9-15H2,1-2H3;2*1H. The molecule has 1 unspecified atom stereocenters. The first-order valence-electron chi connectivity index (χ1n) is 10.3. The summed E-state index contributed by atoms with van der Waals surface area (Å²) in [4.78, 5) is 17.4. The van der Waals surface area contributed by atoms with E-state index < -0.39 is 0 Å². The first-order chi connectivity index (χ1) is 13.6. The van der Waals surface area contributed by atoms with Gasteiger partial charge < -0.3 is 15.1 Å². The highest BCUT2D eigenvalue weighted by atomic mass is 35.5. The summed E-state index contributed by atoms with van der Waals surface area (Å²) in [6, 6.07) is 11.0. The Morgan fingerprint density at radius 1 is 1.13 bits per heavy atom. The Hall–Kier alpha value is -1.83. The molecule has 2 aliphatic rings. The molecule has 1 amide bonds. The van der Waals surface area contributed by atoms with Gasteiger partial charge in [-0.1, -0.05) is 23.4 Å². The van der Waals surface area contributed by atoms with Crippen LogP contribution in [-0.4, -0.2) is 65.1 Å². The monoisotopic (exact) mass is 454 g/mol. The van der Waals surface area contributed by atoms with Gasteiger partial charge in [-0.3, -0.25) is 4.79 Å². The lowest BCUT2D eigenvalue weighted by atomic mass is 10.0. The number of rotatable bonds is 4. The number of nitrogens with zero attached hydrogens (tertiary/aromatic N) is 5. The van der Waals surface area contributed by atoms with Crippen LogP contribution in [0.5, 0.6) is 0 Å². The van der Waals surface area contributed by atoms with Gasteiger partial charge in [0.15, 0.2) is 5.69 Å². The van der Waals surface area contributed by atoms with Crippen molar-refractivity contribution in [2.75, 3.05) is 38.1 Å². The molecule has 2 aliphatic heterocycles. The number of amides is 1. The van der Waals surface area contributed by atoms with Crippen LogP contribution >= 0.6 is 24.8 Å². The van der Waals surface area contributed by atoms with E-state index in [0.717, 1.165) is 57.6 Å². The third-order valence-electron chi connectivity index (χ3n) is 6.17. The molecule has 0 spiro atoms. The fourth-order valence-corrected chi connectivity index (χ4v) is 4.41. The molecule has 1 aromatic heterocycles. The van der Waals surface area contributed by atoms with Crippen molar-refractivity contribution in [2.45, 2.75) is 44.7 Å². The van der Waals surface area contributed by atoms with Gasteiger partial charge in [-0.15, -0.1) is 29.9 Å². The van der Waals surface area contributed by atoms with Crippen molar-refractivity contribution in [3.8, 4) is 0 Å². The minimum Gasteiger partial charge on any atom is -0.369 e. The number of hydrogen-bond donors (Lipinski definition) is 1. The van der Waals surface area contributed by atoms with Gasteiger partial charge in [0.05, 0.1) is 11.7 Å². The summed E-state index contributed by atoms with van der Waals surface area (Å²) in [5.74, 6) is -0.0161. The van der Waals surface area contributed by atoms with Gasteiger partial charge in [0, 0.05) is 31.9 Å². The number of anilines is 1. The van der Waals surface area contributed by atoms with E-state index in [2.05, 4.69) is 44.8 Å². The third kappa shape index (κ3) is 5.07. The SMILES string of the molecule is Cc1c(C(=O)N(C)C2CCCN(c3ccccc3)C2)nnn1C1CCNCC1.Cl.Cl. The van der Waals surface area contributed by atoms with Crippen LogP contribution in [0, 0.1) is 6.92 Å². The molecule has 1 atom stereocenters. The first-order valence-corrected chi connectivity index (χ1v) is 10.3. The summed E-state index contributed by atoms with van der Waals surface area (Å²) < 4.78 is 1.96. The van der Waals surface area contributed by atoms with Crippen LogP contribution in [0.3, 0.4) is 0 Å². The van der Waals surface area contributed by atoms with Crippen molar-refractivity contribution in [3.05, 3.63) is 41.7 Å². The summed E-state index contributed by atoms with van der Waals surface area (Å²) in [7, 11) is 1.91. The Balaban J connectivity index is 0.00000160. The minimum atomic E-state index is -0.0161. The van der Waals surface area contributed by atoms with E-state index in [1.165, 1.54) is 5.69 Å². The first kappa shape index (κ1) is 24.4. The summed E-state index contributed by atoms with van der Waals surface area (Å²) in [6.07, 6.45) is 4.16. The topological polar surface area (TPSA) is 66.3 Å². The second-order valence-corrected chi connectivity index (χ2v) is 7.94. The van der Waals surface area contributed by atoms with Crippen molar-refractivity contribution in [1.82, 2.24) is 25.2 Å². The molecule has 3 heterocycles. The summed E-state index contributed by atoms with van der Waals surface area (Å²) in [6.45, 7) is 5.84. The van der Waals surface area contributed by atoms with Gasteiger partial charge in [0.2, 0.25) is 0 Å². The maximum Gasteiger partial charge on any atom is 0.276 e. The quantitative estimate of drug-likeness (QED) is 0.768. The molecule has 9 heteroatoms. The van der Waals surface area contributed by atoms with Gasteiger partial charge in [0.1, 0.15) is 0 Å². The second-order valence-electron chi connectivity index (χ2n) is 7.94. The zero-order valence-corrected chi connectivity index (χ0v) is 19.3. The molecule has 7 nitrogen and oxygen atoms in total. The molecule has 0 aliphatic carbocycles. The molecule has 2 fully saturated rings. The number of hydrogen-bond acceptors (Lipinski definition) is 5. The molecule has 0 radical (unpaired) electrons. The molecule has 2 saturated heterocycles. The molecule has 2 aromatic rings. The minimum absolute atomic E-state index is 0. The van der Waals surface area contributed by atoms with Gasteiger partial charge in [-0.05, 0) is 57.8 Å². The van der Waals surface area contributed by atoms with Crippen LogP contribution in [0.4, 0.5) is 5.69 Å². The molecule has 166 valence electrons. The van der Waals surface area contributed by atoms with Crippen molar-refractivity contribution < 1.29 is 4.79 Å². The van der Waals surface area contributed by atoms with Crippen LogP contribution in [0.15, 0.2) is 30.3 Å². The maximum atomic E-state index is 13.2. The van der Waals surface area contributed by atoms with E-state index in [1.54, 1.807) is 0 Å². The highest BCUT2D eigenvalue weighted by molar-refractivity contribution is 5.93. The number of benzene rings is 1. The molecule has 30 heavy (non-hydrogen) atoms. The van der Waals surface area contributed by atoms with E-state index in [0.29, 0.717) is 11.7 Å². The normalized spacial score (nSPS) is 19.5. The maximum absolute atomic E-state index is 13.2. The summed E-state index contributed by atoms with van der Waals surface area (Å²) >= 11 is 0. The Morgan fingerprint density at radius 2 is 1.83 bits per heavy atom.